The van der Waals surface area contributed by atoms with Crippen LogP contribution in [0.1, 0.15) is 34.8 Å². The molecule has 0 radical (unpaired) electrons. The third kappa shape index (κ3) is 4.55. The van der Waals surface area contributed by atoms with Gasteiger partial charge in [-0.2, -0.15) is 13.2 Å². The van der Waals surface area contributed by atoms with Crippen LogP contribution >= 0.6 is 34.8 Å². The molecule has 2 atom stereocenters. The van der Waals surface area contributed by atoms with Crippen LogP contribution in [0.4, 0.5) is 13.2 Å². The fourth-order valence-electron chi connectivity index (χ4n) is 3.75. The number of halogens is 6. The highest BCUT2D eigenvalue weighted by atomic mass is 35.5. The van der Waals surface area contributed by atoms with Crippen molar-refractivity contribution in [2.75, 3.05) is 13.2 Å². The van der Waals surface area contributed by atoms with E-state index in [4.69, 9.17) is 44.5 Å². The highest BCUT2D eigenvalue weighted by Gasteiger charge is 2.63. The summed E-state index contributed by atoms with van der Waals surface area (Å²) in [5, 5.41) is 6.79. The summed E-state index contributed by atoms with van der Waals surface area (Å²) < 4.78 is 42.7. The Morgan fingerprint density at radius 2 is 1.86 bits per heavy atom. The molecule has 1 unspecified atom stereocenters. The molecule has 0 aromatic heterocycles. The molecule has 2 aliphatic heterocycles. The van der Waals surface area contributed by atoms with Crippen molar-refractivity contribution in [2.24, 2.45) is 5.16 Å². The summed E-state index contributed by atoms with van der Waals surface area (Å²) in [5.41, 5.74) is -2.78. The van der Waals surface area contributed by atoms with E-state index in [1.807, 2.05) is 0 Å². The first kappa shape index (κ1) is 25.6. The Kier molecular flexibility index (Phi) is 6.93. The van der Waals surface area contributed by atoms with Crippen molar-refractivity contribution >= 4 is 52.3 Å². The van der Waals surface area contributed by atoms with E-state index in [2.05, 4.69) is 10.5 Å². The number of nitrogens with zero attached hydrogens (tertiary/aromatic N) is 2. The van der Waals surface area contributed by atoms with Crippen LogP contribution in [0.5, 0.6) is 0 Å². The topological polar surface area (TPSA) is 80.2 Å². The molecule has 0 spiro atoms. The predicted octanol–water partition coefficient (Wildman–Crippen LogP) is 5.12. The van der Waals surface area contributed by atoms with E-state index < -0.39 is 35.7 Å². The maximum absolute atomic E-state index is 14.2. The average molecular weight is 551 g/mol. The molecule has 35 heavy (non-hydrogen) atoms. The molecule has 13 heteroatoms. The van der Waals surface area contributed by atoms with Crippen LogP contribution in [0.3, 0.4) is 0 Å². The van der Waals surface area contributed by atoms with E-state index in [1.54, 1.807) is 6.92 Å². The SMILES string of the molecule is CCN1OC[C@@H](NC(=O)c2ccc(C3=NOC(c4ccc(Cl)c(Cl)c4Cl)(C(F)(F)F)C3)cc2)C1=O. The molecule has 2 aliphatic rings. The molecule has 1 saturated heterocycles. The second kappa shape index (κ2) is 9.50. The largest absolute Gasteiger partial charge is 0.435 e. The number of nitrogens with one attached hydrogen (secondary N) is 1. The second-order valence-electron chi connectivity index (χ2n) is 7.79. The molecule has 4 rings (SSSR count). The fraction of sp³-hybridized carbons (Fsp3) is 0.318. The zero-order chi connectivity index (χ0) is 25.5. The molecule has 0 aliphatic carbocycles. The van der Waals surface area contributed by atoms with Gasteiger partial charge in [-0.25, -0.2) is 5.06 Å². The standard InChI is InChI=1S/C22H17Cl3F3N3O4/c1-2-31-20(33)16(10-34-31)29-19(32)12-5-3-11(4-6-12)15-9-21(35-30-15,22(26,27)28)13-7-8-14(23)18(25)17(13)24/h3-8,16H,2,9-10H2,1H3,(H,29,32)/t16-,21?/m1/s1. The summed E-state index contributed by atoms with van der Waals surface area (Å²) in [7, 11) is 0. The van der Waals surface area contributed by atoms with Gasteiger partial charge >= 0.3 is 6.18 Å². The molecule has 2 amide bonds. The summed E-state index contributed by atoms with van der Waals surface area (Å²) in [6.45, 7) is 2.09. The first-order chi connectivity index (χ1) is 16.5. The minimum atomic E-state index is -4.89. The quantitative estimate of drug-likeness (QED) is 0.524. The number of hydrogen-bond acceptors (Lipinski definition) is 5. The Morgan fingerprint density at radius 1 is 1.17 bits per heavy atom. The van der Waals surface area contributed by atoms with Crippen molar-refractivity contribution in [1.29, 1.82) is 0 Å². The Morgan fingerprint density at radius 3 is 2.46 bits per heavy atom. The number of oxime groups is 1. The summed E-state index contributed by atoms with van der Waals surface area (Å²) in [6, 6.07) is 7.17. The maximum Gasteiger partial charge on any atom is 0.435 e. The lowest BCUT2D eigenvalue weighted by molar-refractivity contribution is -0.275. The first-order valence-electron chi connectivity index (χ1n) is 10.3. The van der Waals surface area contributed by atoms with Gasteiger partial charge in [0.05, 0.1) is 27.2 Å². The molecular weight excluding hydrogens is 534 g/mol. The molecule has 0 saturated carbocycles. The minimum absolute atomic E-state index is 0.000913. The van der Waals surface area contributed by atoms with Gasteiger partial charge < -0.3 is 10.2 Å². The van der Waals surface area contributed by atoms with E-state index in [0.29, 0.717) is 12.1 Å². The Labute approximate surface area is 212 Å². The zero-order valence-electron chi connectivity index (χ0n) is 18.0. The van der Waals surface area contributed by atoms with Crippen LogP contribution in [0.2, 0.25) is 15.1 Å². The lowest BCUT2D eigenvalue weighted by Gasteiger charge is -2.30. The Bertz CT molecular complexity index is 1210. The predicted molar refractivity (Wildman–Crippen MR) is 122 cm³/mol. The van der Waals surface area contributed by atoms with Gasteiger partial charge in [0.1, 0.15) is 12.6 Å². The van der Waals surface area contributed by atoms with Gasteiger partial charge in [0.2, 0.25) is 0 Å². The molecule has 2 aromatic rings. The van der Waals surface area contributed by atoms with Gasteiger partial charge in [-0.3, -0.25) is 14.4 Å². The monoisotopic (exact) mass is 549 g/mol. The van der Waals surface area contributed by atoms with Gasteiger partial charge in [-0.1, -0.05) is 58.2 Å². The highest BCUT2D eigenvalue weighted by molar-refractivity contribution is 6.48. The van der Waals surface area contributed by atoms with Crippen LogP contribution in [-0.4, -0.2) is 48.0 Å². The average Bonchev–Trinajstić information content (AvgIpc) is 3.42. The summed E-state index contributed by atoms with van der Waals surface area (Å²) >= 11 is 17.9. The van der Waals surface area contributed by atoms with Crippen molar-refractivity contribution in [1.82, 2.24) is 10.4 Å². The number of benzene rings is 2. The van der Waals surface area contributed by atoms with E-state index in [9.17, 15) is 22.8 Å². The molecule has 7 nitrogen and oxygen atoms in total. The van der Waals surface area contributed by atoms with Gasteiger partial charge in [-0.15, -0.1) is 0 Å². The smallest absolute Gasteiger partial charge is 0.374 e. The first-order valence-corrected chi connectivity index (χ1v) is 11.4. The van der Waals surface area contributed by atoms with Crippen LogP contribution in [0, 0.1) is 0 Å². The molecular formula is C22H17Cl3F3N3O4. The molecule has 2 heterocycles. The number of carbonyl (C=O) groups excluding carboxylic acids is 2. The third-order valence-corrected chi connectivity index (χ3v) is 6.96. The van der Waals surface area contributed by atoms with Crippen molar-refractivity contribution in [3.05, 3.63) is 68.2 Å². The van der Waals surface area contributed by atoms with Gasteiger partial charge in [0.25, 0.3) is 17.4 Å². The molecule has 1 fully saturated rings. The van der Waals surface area contributed by atoms with E-state index in [0.717, 1.165) is 11.1 Å². The second-order valence-corrected chi connectivity index (χ2v) is 8.95. The van der Waals surface area contributed by atoms with Crippen LogP contribution in [0.15, 0.2) is 41.6 Å². The van der Waals surface area contributed by atoms with Gasteiger partial charge in [-0.05, 0) is 30.7 Å². The number of hydrogen-bond donors (Lipinski definition) is 1. The van der Waals surface area contributed by atoms with Crippen molar-refractivity contribution in [3.8, 4) is 0 Å². The van der Waals surface area contributed by atoms with Crippen molar-refractivity contribution < 1.29 is 32.4 Å². The van der Waals surface area contributed by atoms with Crippen LogP contribution in [0.25, 0.3) is 0 Å². The number of hydroxylamine groups is 2. The lowest BCUT2D eigenvalue weighted by atomic mass is 9.86. The fourth-order valence-corrected chi connectivity index (χ4v) is 4.44. The van der Waals surface area contributed by atoms with E-state index >= 15 is 0 Å². The van der Waals surface area contributed by atoms with Crippen molar-refractivity contribution in [2.45, 2.75) is 31.2 Å². The number of alkyl halides is 3. The number of carbonyl (C=O) groups is 2. The third-order valence-electron chi connectivity index (χ3n) is 5.67. The molecule has 2 aromatic carbocycles. The summed E-state index contributed by atoms with van der Waals surface area (Å²) in [6.07, 6.45) is -5.57. The normalized spacial score (nSPS) is 22.3. The van der Waals surface area contributed by atoms with Gasteiger partial charge in [0, 0.05) is 17.7 Å². The zero-order valence-corrected chi connectivity index (χ0v) is 20.2. The highest BCUT2D eigenvalue weighted by Crippen LogP contribution is 2.52. The molecule has 1 N–H and O–H groups in total. The summed E-state index contributed by atoms with van der Waals surface area (Å²) in [5.74, 6) is -0.896. The van der Waals surface area contributed by atoms with Crippen LogP contribution < -0.4 is 5.32 Å². The minimum Gasteiger partial charge on any atom is -0.374 e. The Balaban J connectivity index is 1.53. The molecule has 186 valence electrons. The number of rotatable bonds is 5. The Hall–Kier alpha value is -2.53. The lowest BCUT2D eigenvalue weighted by Crippen LogP contribution is -2.43. The van der Waals surface area contributed by atoms with E-state index in [-0.39, 0.29) is 38.9 Å². The van der Waals surface area contributed by atoms with Crippen LogP contribution in [-0.2, 0) is 20.1 Å². The number of likely N-dealkylation sites (N-methyl/N-ethyl adjacent to an activating group) is 1. The molecule has 0 bridgehead atoms. The maximum atomic E-state index is 14.2. The number of amides is 2. The van der Waals surface area contributed by atoms with E-state index in [1.165, 1.54) is 30.3 Å². The van der Waals surface area contributed by atoms with Gasteiger partial charge in [0.15, 0.2) is 0 Å². The summed E-state index contributed by atoms with van der Waals surface area (Å²) in [4.78, 5) is 34.8. The van der Waals surface area contributed by atoms with Crippen molar-refractivity contribution in [3.63, 3.8) is 0 Å².